The molecule has 1 fully saturated rings. The minimum atomic E-state index is -0.299. The maximum absolute atomic E-state index is 12.9. The number of rotatable bonds is 6. The molecule has 2 atom stereocenters. The van der Waals surface area contributed by atoms with Crippen LogP contribution >= 0.6 is 0 Å². The van der Waals surface area contributed by atoms with Gasteiger partial charge < -0.3 is 19.4 Å². The summed E-state index contributed by atoms with van der Waals surface area (Å²) in [5.74, 6) is 1.51. The summed E-state index contributed by atoms with van der Waals surface area (Å²) in [5.41, 5.74) is 1.65. The number of aromatic nitrogens is 4. The van der Waals surface area contributed by atoms with Crippen LogP contribution in [0.3, 0.4) is 0 Å². The molecule has 9 nitrogen and oxygen atoms in total. The SMILES string of the molecule is CO[C@H]1C[C@H](c2nnc(C)o2)N(C(=O)Nc2cnn(CCC(C)C)c2C)C1. The predicted octanol–water partition coefficient (Wildman–Crippen LogP) is 2.92. The van der Waals surface area contributed by atoms with Crippen molar-refractivity contribution in [2.24, 2.45) is 5.92 Å². The predicted molar refractivity (Wildman–Crippen MR) is 99.3 cm³/mol. The van der Waals surface area contributed by atoms with E-state index < -0.39 is 0 Å². The number of anilines is 1. The maximum Gasteiger partial charge on any atom is 0.322 e. The Balaban J connectivity index is 1.72. The number of ether oxygens (including phenoxy) is 1. The van der Waals surface area contributed by atoms with Crippen LogP contribution < -0.4 is 5.32 Å². The highest BCUT2D eigenvalue weighted by molar-refractivity contribution is 5.90. The van der Waals surface area contributed by atoms with Crippen LogP contribution in [0.4, 0.5) is 10.5 Å². The molecule has 0 bridgehead atoms. The summed E-state index contributed by atoms with van der Waals surface area (Å²) in [5, 5.41) is 15.3. The van der Waals surface area contributed by atoms with Gasteiger partial charge in [-0.2, -0.15) is 5.10 Å². The van der Waals surface area contributed by atoms with Crippen molar-refractivity contribution < 1.29 is 13.9 Å². The number of methoxy groups -OCH3 is 1. The number of nitrogens with zero attached hydrogens (tertiary/aromatic N) is 5. The van der Waals surface area contributed by atoms with E-state index >= 15 is 0 Å². The number of hydrogen-bond donors (Lipinski definition) is 1. The molecule has 1 aliphatic rings. The molecule has 27 heavy (non-hydrogen) atoms. The number of likely N-dealkylation sites (tertiary alicyclic amines) is 1. The molecule has 2 amide bonds. The summed E-state index contributed by atoms with van der Waals surface area (Å²) < 4.78 is 12.9. The second-order valence-corrected chi connectivity index (χ2v) is 7.40. The number of amides is 2. The molecule has 2 aromatic rings. The summed E-state index contributed by atoms with van der Waals surface area (Å²) in [4.78, 5) is 14.6. The maximum atomic E-state index is 12.9. The molecule has 0 saturated carbocycles. The quantitative estimate of drug-likeness (QED) is 0.832. The van der Waals surface area contributed by atoms with Crippen LogP contribution in [-0.4, -0.2) is 50.7 Å². The molecule has 3 rings (SSSR count). The third-order valence-electron chi connectivity index (χ3n) is 4.95. The number of hydrogen-bond acceptors (Lipinski definition) is 6. The number of aryl methyl sites for hydroxylation is 2. The molecule has 1 N–H and O–H groups in total. The lowest BCUT2D eigenvalue weighted by atomic mass is 10.1. The zero-order chi connectivity index (χ0) is 19.6. The Hall–Kier alpha value is -2.42. The summed E-state index contributed by atoms with van der Waals surface area (Å²) in [6.45, 7) is 9.36. The van der Waals surface area contributed by atoms with Crippen LogP contribution in [0.1, 0.15) is 50.2 Å². The first-order chi connectivity index (χ1) is 12.9. The first-order valence-corrected chi connectivity index (χ1v) is 9.31. The molecule has 0 aliphatic carbocycles. The van der Waals surface area contributed by atoms with Crippen molar-refractivity contribution in [3.05, 3.63) is 23.7 Å². The highest BCUT2D eigenvalue weighted by Crippen LogP contribution is 2.33. The summed E-state index contributed by atoms with van der Waals surface area (Å²) in [6, 6.07) is -0.519. The highest BCUT2D eigenvalue weighted by Gasteiger charge is 2.39. The molecule has 0 unspecified atom stereocenters. The van der Waals surface area contributed by atoms with Crippen molar-refractivity contribution in [3.8, 4) is 0 Å². The van der Waals surface area contributed by atoms with E-state index in [-0.39, 0.29) is 18.2 Å². The van der Waals surface area contributed by atoms with Gasteiger partial charge in [-0.1, -0.05) is 13.8 Å². The van der Waals surface area contributed by atoms with Crippen LogP contribution in [0.2, 0.25) is 0 Å². The Morgan fingerprint density at radius 1 is 1.41 bits per heavy atom. The topological polar surface area (TPSA) is 98.3 Å². The molecule has 2 aromatic heterocycles. The van der Waals surface area contributed by atoms with E-state index in [4.69, 9.17) is 9.15 Å². The van der Waals surface area contributed by atoms with Gasteiger partial charge in [-0.25, -0.2) is 4.79 Å². The third-order valence-corrected chi connectivity index (χ3v) is 4.95. The molecule has 148 valence electrons. The van der Waals surface area contributed by atoms with E-state index in [9.17, 15) is 4.79 Å². The molecule has 1 aliphatic heterocycles. The van der Waals surface area contributed by atoms with Crippen molar-refractivity contribution in [1.29, 1.82) is 0 Å². The summed E-state index contributed by atoms with van der Waals surface area (Å²) >= 11 is 0. The van der Waals surface area contributed by atoms with E-state index in [1.54, 1.807) is 25.1 Å². The van der Waals surface area contributed by atoms with Gasteiger partial charge in [-0.15, -0.1) is 10.2 Å². The fourth-order valence-corrected chi connectivity index (χ4v) is 3.24. The van der Waals surface area contributed by atoms with Gasteiger partial charge in [0.25, 0.3) is 0 Å². The smallest absolute Gasteiger partial charge is 0.322 e. The zero-order valence-corrected chi connectivity index (χ0v) is 16.6. The van der Waals surface area contributed by atoms with Crippen LogP contribution in [0.15, 0.2) is 10.6 Å². The van der Waals surface area contributed by atoms with Crippen LogP contribution in [-0.2, 0) is 11.3 Å². The van der Waals surface area contributed by atoms with Gasteiger partial charge in [0, 0.05) is 33.5 Å². The second-order valence-electron chi connectivity index (χ2n) is 7.40. The monoisotopic (exact) mass is 376 g/mol. The molecule has 3 heterocycles. The van der Waals surface area contributed by atoms with Crippen LogP contribution in [0.25, 0.3) is 0 Å². The summed E-state index contributed by atoms with van der Waals surface area (Å²) in [7, 11) is 1.64. The fourth-order valence-electron chi connectivity index (χ4n) is 3.24. The Morgan fingerprint density at radius 2 is 2.19 bits per heavy atom. The van der Waals surface area contributed by atoms with Crippen molar-refractivity contribution in [3.63, 3.8) is 0 Å². The average molecular weight is 376 g/mol. The van der Waals surface area contributed by atoms with Gasteiger partial charge in [0.2, 0.25) is 11.8 Å². The number of nitrogens with one attached hydrogen (secondary N) is 1. The van der Waals surface area contributed by atoms with Crippen LogP contribution in [0.5, 0.6) is 0 Å². The van der Waals surface area contributed by atoms with Gasteiger partial charge in [0.1, 0.15) is 6.04 Å². The van der Waals surface area contributed by atoms with Crippen LogP contribution in [0, 0.1) is 19.8 Å². The Bertz CT molecular complexity index is 784. The minimum absolute atomic E-state index is 0.0668. The van der Waals surface area contributed by atoms with Gasteiger partial charge >= 0.3 is 6.03 Å². The number of carbonyl (C=O) groups is 1. The van der Waals surface area contributed by atoms with Gasteiger partial charge in [-0.3, -0.25) is 4.68 Å². The molecule has 0 aromatic carbocycles. The lowest BCUT2D eigenvalue weighted by Crippen LogP contribution is -2.35. The lowest BCUT2D eigenvalue weighted by Gasteiger charge is -2.22. The Morgan fingerprint density at radius 3 is 2.81 bits per heavy atom. The molecule has 0 spiro atoms. The van der Waals surface area contributed by atoms with E-state index in [0.29, 0.717) is 36.4 Å². The highest BCUT2D eigenvalue weighted by atomic mass is 16.5. The van der Waals surface area contributed by atoms with Crippen molar-refractivity contribution in [2.75, 3.05) is 19.0 Å². The van der Waals surface area contributed by atoms with Gasteiger partial charge in [0.05, 0.1) is 23.7 Å². The van der Waals surface area contributed by atoms with Gasteiger partial charge in [-0.05, 0) is 19.3 Å². The van der Waals surface area contributed by atoms with Crippen molar-refractivity contribution in [2.45, 2.75) is 59.2 Å². The number of carbonyl (C=O) groups excluding carboxylic acids is 1. The fraction of sp³-hybridized carbons (Fsp3) is 0.667. The summed E-state index contributed by atoms with van der Waals surface area (Å²) in [6.07, 6.45) is 3.29. The second kappa shape index (κ2) is 8.08. The van der Waals surface area contributed by atoms with E-state index in [2.05, 4.69) is 34.5 Å². The largest absolute Gasteiger partial charge is 0.423 e. The molecule has 0 radical (unpaired) electrons. The normalized spacial score (nSPS) is 19.9. The van der Waals surface area contributed by atoms with E-state index in [1.165, 1.54) is 0 Å². The lowest BCUT2D eigenvalue weighted by molar-refractivity contribution is 0.111. The third kappa shape index (κ3) is 4.29. The Kier molecular flexibility index (Phi) is 5.79. The van der Waals surface area contributed by atoms with E-state index in [0.717, 1.165) is 18.7 Å². The number of urea groups is 1. The zero-order valence-electron chi connectivity index (χ0n) is 16.6. The molecule has 1 saturated heterocycles. The molecular formula is C18H28N6O3. The molecular weight excluding hydrogens is 348 g/mol. The van der Waals surface area contributed by atoms with E-state index in [1.807, 2.05) is 11.6 Å². The Labute approximate surface area is 159 Å². The van der Waals surface area contributed by atoms with Crippen molar-refractivity contribution >= 4 is 11.7 Å². The van der Waals surface area contributed by atoms with Crippen molar-refractivity contribution in [1.82, 2.24) is 24.9 Å². The first-order valence-electron chi connectivity index (χ1n) is 9.31. The average Bonchev–Trinajstić information content (AvgIpc) is 3.32. The first kappa shape index (κ1) is 19.3. The van der Waals surface area contributed by atoms with Gasteiger partial charge in [0.15, 0.2) is 0 Å². The molecule has 9 heteroatoms. The minimum Gasteiger partial charge on any atom is -0.423 e. The standard InChI is InChI=1S/C18H28N6O3/c1-11(2)6-7-24-12(3)15(9-19-24)20-18(25)23-10-14(26-5)8-16(23)17-22-21-13(4)27-17/h9,11,14,16H,6-8,10H2,1-5H3,(H,20,25)/t14-,16+/m0/s1.